The fourth-order valence-corrected chi connectivity index (χ4v) is 3.56. The number of likely N-dealkylation sites (tertiary alicyclic amines) is 1. The van der Waals surface area contributed by atoms with E-state index >= 15 is 0 Å². The number of hydrogen-bond acceptors (Lipinski definition) is 5. The van der Waals surface area contributed by atoms with Crippen LogP contribution in [0, 0.1) is 0 Å². The molecule has 0 saturated carbocycles. The lowest BCUT2D eigenvalue weighted by atomic mass is 10.1. The first-order valence-electron chi connectivity index (χ1n) is 9.46. The van der Waals surface area contributed by atoms with Crippen molar-refractivity contribution in [2.45, 2.75) is 31.7 Å². The van der Waals surface area contributed by atoms with Gasteiger partial charge in [-0.25, -0.2) is 0 Å². The van der Waals surface area contributed by atoms with Gasteiger partial charge in [0.1, 0.15) is 17.3 Å². The van der Waals surface area contributed by atoms with E-state index in [1.807, 2.05) is 24.3 Å². The number of furan rings is 1. The quantitative estimate of drug-likeness (QED) is 0.771. The lowest BCUT2D eigenvalue weighted by Gasteiger charge is -2.33. The zero-order chi connectivity index (χ0) is 19.1. The normalized spacial score (nSPS) is 15.9. The maximum Gasteiger partial charge on any atom is 0.224 e. The Morgan fingerprint density at radius 2 is 2.00 bits per heavy atom. The van der Waals surface area contributed by atoms with E-state index in [0.29, 0.717) is 18.0 Å². The Balaban J connectivity index is 1.62. The molecule has 1 amide bonds. The summed E-state index contributed by atoms with van der Waals surface area (Å²) in [6.45, 7) is 2.60. The number of nitrogens with zero attached hydrogens (tertiary/aromatic N) is 1. The van der Waals surface area contributed by atoms with Gasteiger partial charge in [-0.2, -0.15) is 0 Å². The van der Waals surface area contributed by atoms with Crippen LogP contribution in [0.1, 0.15) is 36.6 Å². The van der Waals surface area contributed by atoms with Crippen LogP contribution in [0.15, 0.2) is 41.0 Å². The molecule has 1 N–H and O–H groups in total. The average Bonchev–Trinajstić information content (AvgIpc) is 3.24. The van der Waals surface area contributed by atoms with Crippen molar-refractivity contribution in [1.82, 2.24) is 10.2 Å². The van der Waals surface area contributed by atoms with Crippen molar-refractivity contribution in [3.63, 3.8) is 0 Å². The maximum absolute atomic E-state index is 12.5. The van der Waals surface area contributed by atoms with E-state index in [0.717, 1.165) is 24.4 Å². The molecule has 0 bridgehead atoms. The van der Waals surface area contributed by atoms with Crippen LogP contribution in [0.2, 0.25) is 0 Å². The summed E-state index contributed by atoms with van der Waals surface area (Å²) in [6, 6.07) is 9.45. The minimum Gasteiger partial charge on any atom is -0.497 e. The topological polar surface area (TPSA) is 63.9 Å². The highest BCUT2D eigenvalue weighted by Crippen LogP contribution is 2.26. The number of nitrogens with one attached hydrogen (secondary N) is 1. The Hall–Kier alpha value is -2.47. The van der Waals surface area contributed by atoms with Crippen LogP contribution in [-0.2, 0) is 11.2 Å². The van der Waals surface area contributed by atoms with Gasteiger partial charge in [0.2, 0.25) is 5.91 Å². The molecule has 2 heterocycles. The van der Waals surface area contributed by atoms with Crippen molar-refractivity contribution >= 4 is 5.91 Å². The molecule has 27 heavy (non-hydrogen) atoms. The second-order valence-electron chi connectivity index (χ2n) is 6.79. The third-order valence-corrected chi connectivity index (χ3v) is 5.04. The van der Waals surface area contributed by atoms with Crippen molar-refractivity contribution in [2.24, 2.45) is 0 Å². The molecule has 1 fully saturated rings. The van der Waals surface area contributed by atoms with Gasteiger partial charge in [-0.15, -0.1) is 0 Å². The van der Waals surface area contributed by atoms with Crippen LogP contribution in [0.5, 0.6) is 11.5 Å². The summed E-state index contributed by atoms with van der Waals surface area (Å²) in [4.78, 5) is 14.9. The van der Waals surface area contributed by atoms with E-state index < -0.39 is 0 Å². The molecule has 1 aromatic heterocycles. The molecule has 1 saturated heterocycles. The zero-order valence-electron chi connectivity index (χ0n) is 16.1. The molecule has 0 radical (unpaired) electrons. The minimum absolute atomic E-state index is 0.0352. The molecule has 3 rings (SSSR count). The number of methoxy groups -OCH3 is 2. The lowest BCUT2D eigenvalue weighted by Crippen LogP contribution is -2.40. The average molecular weight is 372 g/mol. The molecule has 0 spiro atoms. The summed E-state index contributed by atoms with van der Waals surface area (Å²) in [5.74, 6) is 2.23. The highest BCUT2D eigenvalue weighted by atomic mass is 16.5. The Morgan fingerprint density at radius 3 is 2.67 bits per heavy atom. The Bertz CT molecular complexity index is 724. The summed E-state index contributed by atoms with van der Waals surface area (Å²) < 4.78 is 16.2. The number of carbonyl (C=O) groups is 1. The number of ether oxygens (including phenoxy) is 2. The fraction of sp³-hybridized carbons (Fsp3) is 0.476. The standard InChI is InChI=1S/C21H28N2O4/c1-25-17-9-8-16(20(14-17)26-2)13-21(24)22-15-18(19-7-6-12-27-19)23-10-4-3-5-11-23/h6-9,12,14,18H,3-5,10-11,13,15H2,1-2H3,(H,22,24). The number of piperidine rings is 1. The molecule has 0 aliphatic carbocycles. The second-order valence-corrected chi connectivity index (χ2v) is 6.79. The maximum atomic E-state index is 12.5. The Morgan fingerprint density at radius 1 is 1.19 bits per heavy atom. The van der Waals surface area contributed by atoms with Gasteiger partial charge in [0, 0.05) is 18.2 Å². The van der Waals surface area contributed by atoms with Gasteiger partial charge in [-0.05, 0) is 44.1 Å². The Labute approximate surface area is 160 Å². The summed E-state index contributed by atoms with van der Waals surface area (Å²) in [6.07, 6.45) is 5.60. The molecule has 2 aromatic rings. The zero-order valence-corrected chi connectivity index (χ0v) is 16.1. The largest absolute Gasteiger partial charge is 0.497 e. The summed E-state index contributed by atoms with van der Waals surface area (Å²) in [5, 5.41) is 3.07. The van der Waals surface area contributed by atoms with Gasteiger partial charge in [0.15, 0.2) is 0 Å². The number of hydrogen-bond donors (Lipinski definition) is 1. The van der Waals surface area contributed by atoms with Crippen LogP contribution >= 0.6 is 0 Å². The summed E-state index contributed by atoms with van der Waals surface area (Å²) in [7, 11) is 3.20. The predicted octanol–water partition coefficient (Wildman–Crippen LogP) is 3.18. The second kappa shape index (κ2) is 9.46. The van der Waals surface area contributed by atoms with Crippen molar-refractivity contribution in [3.8, 4) is 11.5 Å². The molecular formula is C21H28N2O4. The molecule has 1 atom stereocenters. The van der Waals surface area contributed by atoms with Gasteiger partial charge in [-0.3, -0.25) is 9.69 Å². The van der Waals surface area contributed by atoms with Crippen LogP contribution in [0.4, 0.5) is 0 Å². The SMILES string of the molecule is COc1ccc(CC(=O)NCC(c2ccco2)N2CCCCC2)c(OC)c1. The van der Waals surface area contributed by atoms with E-state index in [1.54, 1.807) is 26.5 Å². The molecular weight excluding hydrogens is 344 g/mol. The molecule has 146 valence electrons. The van der Waals surface area contributed by atoms with Crippen molar-refractivity contribution in [3.05, 3.63) is 47.9 Å². The van der Waals surface area contributed by atoms with Crippen LogP contribution in [0.25, 0.3) is 0 Å². The third-order valence-electron chi connectivity index (χ3n) is 5.04. The predicted molar refractivity (Wildman–Crippen MR) is 103 cm³/mol. The molecule has 1 aliphatic heterocycles. The lowest BCUT2D eigenvalue weighted by molar-refractivity contribution is -0.120. The van der Waals surface area contributed by atoms with E-state index in [1.165, 1.54) is 19.3 Å². The highest BCUT2D eigenvalue weighted by molar-refractivity contribution is 5.79. The number of benzene rings is 1. The molecule has 1 aliphatic rings. The van der Waals surface area contributed by atoms with E-state index in [-0.39, 0.29) is 18.4 Å². The first kappa shape index (κ1) is 19.3. The van der Waals surface area contributed by atoms with Crippen molar-refractivity contribution < 1.29 is 18.7 Å². The van der Waals surface area contributed by atoms with E-state index in [4.69, 9.17) is 13.9 Å². The number of rotatable bonds is 8. The molecule has 1 aromatic carbocycles. The van der Waals surface area contributed by atoms with Crippen LogP contribution in [-0.4, -0.2) is 44.7 Å². The van der Waals surface area contributed by atoms with Crippen LogP contribution in [0.3, 0.4) is 0 Å². The highest BCUT2D eigenvalue weighted by Gasteiger charge is 2.25. The number of amides is 1. The smallest absolute Gasteiger partial charge is 0.224 e. The number of carbonyl (C=O) groups excluding carboxylic acids is 1. The van der Waals surface area contributed by atoms with Gasteiger partial charge in [-0.1, -0.05) is 12.5 Å². The molecule has 6 nitrogen and oxygen atoms in total. The Kier molecular flexibility index (Phi) is 6.76. The van der Waals surface area contributed by atoms with Crippen molar-refractivity contribution in [1.29, 1.82) is 0 Å². The van der Waals surface area contributed by atoms with Gasteiger partial charge in [0.05, 0.1) is 32.9 Å². The summed E-state index contributed by atoms with van der Waals surface area (Å²) >= 11 is 0. The summed E-state index contributed by atoms with van der Waals surface area (Å²) in [5.41, 5.74) is 0.836. The van der Waals surface area contributed by atoms with Gasteiger partial charge >= 0.3 is 0 Å². The monoisotopic (exact) mass is 372 g/mol. The minimum atomic E-state index is -0.0352. The fourth-order valence-electron chi connectivity index (χ4n) is 3.56. The van der Waals surface area contributed by atoms with E-state index in [9.17, 15) is 4.79 Å². The third kappa shape index (κ3) is 5.04. The molecule has 6 heteroatoms. The van der Waals surface area contributed by atoms with E-state index in [2.05, 4.69) is 10.2 Å². The molecule has 1 unspecified atom stereocenters. The van der Waals surface area contributed by atoms with Gasteiger partial charge in [0.25, 0.3) is 0 Å². The first-order chi connectivity index (χ1) is 13.2. The van der Waals surface area contributed by atoms with Crippen molar-refractivity contribution in [2.75, 3.05) is 33.9 Å². The van der Waals surface area contributed by atoms with Crippen LogP contribution < -0.4 is 14.8 Å². The first-order valence-corrected chi connectivity index (χ1v) is 9.46. The van der Waals surface area contributed by atoms with Gasteiger partial charge < -0.3 is 19.2 Å².